The number of carbonyl (C=O) groups is 1. The average Bonchev–Trinajstić information content (AvgIpc) is 2.49. The third-order valence-corrected chi connectivity index (χ3v) is 4.45. The summed E-state index contributed by atoms with van der Waals surface area (Å²) in [4.78, 5) is 12.5. The number of hydrogen-bond acceptors (Lipinski definition) is 2. The molecule has 0 saturated heterocycles. The molecule has 0 fully saturated rings. The highest BCUT2D eigenvalue weighted by atomic mass is 35.5. The van der Waals surface area contributed by atoms with Crippen LogP contribution >= 0.6 is 11.6 Å². The number of hydrogen-bond donors (Lipinski definition) is 1. The molecule has 0 spiro atoms. The molecule has 0 unspecified atom stereocenters. The van der Waals surface area contributed by atoms with Gasteiger partial charge in [-0.1, -0.05) is 37.6 Å². The topological polar surface area (TPSA) is 56.0 Å². The normalized spacial score (nSPS) is 13.6. The fraction of sp³-hybridized carbons (Fsp3) is 0.333. The molecule has 0 aliphatic rings. The Hall–Kier alpha value is -2.07. The van der Waals surface area contributed by atoms with Gasteiger partial charge in [0.2, 0.25) is 0 Å². The van der Waals surface area contributed by atoms with Crippen molar-refractivity contribution in [3.8, 4) is 0 Å². The molecule has 0 bridgehead atoms. The maximum absolute atomic E-state index is 12.5. The van der Waals surface area contributed by atoms with Crippen molar-refractivity contribution in [2.75, 3.05) is 0 Å². The Balaban J connectivity index is 2.19. The van der Waals surface area contributed by atoms with Gasteiger partial charge >= 0.3 is 0 Å². The van der Waals surface area contributed by atoms with E-state index < -0.39 is 5.54 Å². The zero-order valence-electron chi connectivity index (χ0n) is 13.5. The Morgan fingerprint density at radius 2 is 1.96 bits per heavy atom. The Morgan fingerprint density at radius 3 is 2.52 bits per heavy atom. The summed E-state index contributed by atoms with van der Waals surface area (Å²) >= 11 is 5.92. The van der Waals surface area contributed by atoms with Crippen molar-refractivity contribution >= 4 is 17.5 Å². The molecule has 23 heavy (non-hydrogen) atoms. The van der Waals surface area contributed by atoms with Gasteiger partial charge in [-0.2, -0.15) is 4.73 Å². The lowest BCUT2D eigenvalue weighted by Gasteiger charge is -2.35. The maximum Gasteiger partial charge on any atom is 0.257 e. The zero-order chi connectivity index (χ0) is 17.0. The van der Waals surface area contributed by atoms with E-state index in [2.05, 4.69) is 19.2 Å². The van der Waals surface area contributed by atoms with E-state index in [0.29, 0.717) is 21.7 Å². The Kier molecular flexibility index (Phi) is 5.26. The van der Waals surface area contributed by atoms with Crippen LogP contribution in [0, 0.1) is 11.1 Å². The van der Waals surface area contributed by atoms with Crippen LogP contribution in [0.1, 0.15) is 36.7 Å². The number of rotatable bonds is 5. The highest BCUT2D eigenvalue weighted by Gasteiger charge is 2.31. The second-order valence-corrected chi connectivity index (χ2v) is 6.72. The van der Waals surface area contributed by atoms with Crippen LogP contribution in [0.15, 0.2) is 48.8 Å². The smallest absolute Gasteiger partial charge is 0.257 e. The molecule has 122 valence electrons. The molecule has 1 amide bonds. The first kappa shape index (κ1) is 17.3. The third-order valence-electron chi connectivity index (χ3n) is 4.20. The number of benzene rings is 1. The summed E-state index contributed by atoms with van der Waals surface area (Å²) in [5.74, 6) is -0.0365. The van der Waals surface area contributed by atoms with E-state index in [9.17, 15) is 10.0 Å². The largest absolute Gasteiger partial charge is 0.619 e. The predicted molar refractivity (Wildman–Crippen MR) is 91.3 cm³/mol. The van der Waals surface area contributed by atoms with Crippen molar-refractivity contribution in [1.82, 2.24) is 5.32 Å². The van der Waals surface area contributed by atoms with Gasteiger partial charge in [0, 0.05) is 16.6 Å². The number of nitrogens with zero attached hydrogens (tertiary/aromatic N) is 1. The van der Waals surface area contributed by atoms with E-state index in [1.54, 1.807) is 12.1 Å². The van der Waals surface area contributed by atoms with Gasteiger partial charge in [0.05, 0.1) is 0 Å². The van der Waals surface area contributed by atoms with Gasteiger partial charge in [-0.05, 0) is 43.0 Å². The van der Waals surface area contributed by atoms with Gasteiger partial charge in [-0.25, -0.2) is 0 Å². The second kappa shape index (κ2) is 7.01. The molecule has 0 saturated carbocycles. The number of nitrogens with one attached hydrogen (secondary N) is 1. The molecule has 4 nitrogen and oxygen atoms in total. The van der Waals surface area contributed by atoms with Gasteiger partial charge < -0.3 is 10.5 Å². The first-order valence-corrected chi connectivity index (χ1v) is 7.94. The van der Waals surface area contributed by atoms with Crippen LogP contribution in [0.5, 0.6) is 0 Å². The molecule has 0 aliphatic carbocycles. The lowest BCUT2D eigenvalue weighted by Crippen LogP contribution is -2.51. The van der Waals surface area contributed by atoms with Gasteiger partial charge in [-0.15, -0.1) is 0 Å². The van der Waals surface area contributed by atoms with Crippen LogP contribution in [0.2, 0.25) is 5.02 Å². The van der Waals surface area contributed by atoms with Gasteiger partial charge in [0.1, 0.15) is 5.56 Å². The predicted octanol–water partition coefficient (Wildman–Crippen LogP) is 3.36. The van der Waals surface area contributed by atoms with Crippen LogP contribution in [-0.2, 0) is 6.42 Å². The molecule has 1 atom stereocenters. The fourth-order valence-electron chi connectivity index (χ4n) is 2.34. The van der Waals surface area contributed by atoms with Crippen LogP contribution in [0.4, 0.5) is 0 Å². The Labute approximate surface area is 141 Å². The van der Waals surface area contributed by atoms with Gasteiger partial charge in [-0.3, -0.25) is 4.79 Å². The monoisotopic (exact) mass is 332 g/mol. The summed E-state index contributed by atoms with van der Waals surface area (Å²) in [6.07, 6.45) is 3.31. The highest BCUT2D eigenvalue weighted by Crippen LogP contribution is 2.23. The van der Waals surface area contributed by atoms with Crippen molar-refractivity contribution in [1.29, 1.82) is 0 Å². The molecule has 2 aromatic rings. The van der Waals surface area contributed by atoms with E-state index in [1.165, 1.54) is 12.4 Å². The summed E-state index contributed by atoms with van der Waals surface area (Å²) < 4.78 is 0.626. The SMILES string of the molecule is CC(C)[C@](C)(Cc1ccc(Cl)cc1)NC(=O)c1ccc[n+]([O-])c1. The summed E-state index contributed by atoms with van der Waals surface area (Å²) in [7, 11) is 0. The fourth-order valence-corrected chi connectivity index (χ4v) is 2.47. The van der Waals surface area contributed by atoms with E-state index in [-0.39, 0.29) is 11.8 Å². The minimum atomic E-state index is -0.436. The average molecular weight is 333 g/mol. The minimum Gasteiger partial charge on any atom is -0.619 e. The minimum absolute atomic E-state index is 0.213. The van der Waals surface area contributed by atoms with Crippen molar-refractivity contribution in [3.63, 3.8) is 0 Å². The van der Waals surface area contributed by atoms with Gasteiger partial charge in [0.25, 0.3) is 5.91 Å². The van der Waals surface area contributed by atoms with Crippen molar-refractivity contribution in [2.24, 2.45) is 5.92 Å². The zero-order valence-corrected chi connectivity index (χ0v) is 14.3. The van der Waals surface area contributed by atoms with E-state index >= 15 is 0 Å². The van der Waals surface area contributed by atoms with Gasteiger partial charge in [0.15, 0.2) is 12.4 Å². The van der Waals surface area contributed by atoms with E-state index in [4.69, 9.17) is 11.6 Å². The van der Waals surface area contributed by atoms with Crippen molar-refractivity contribution < 1.29 is 9.52 Å². The maximum atomic E-state index is 12.5. The quantitative estimate of drug-likeness (QED) is 0.674. The Bertz CT molecular complexity index is 686. The van der Waals surface area contributed by atoms with Crippen molar-refractivity contribution in [2.45, 2.75) is 32.7 Å². The van der Waals surface area contributed by atoms with Crippen LogP contribution < -0.4 is 10.0 Å². The number of carbonyl (C=O) groups excluding carboxylic acids is 1. The molecule has 0 aliphatic heterocycles. The molecule has 1 heterocycles. The standard InChI is InChI=1S/C18H21ClN2O2/c1-13(2)18(3,11-14-6-8-16(19)9-7-14)20-17(22)15-5-4-10-21(23)12-15/h4-10,12-13H,11H2,1-3H3,(H,20,22)/t18-/m0/s1. The molecule has 2 rings (SSSR count). The van der Waals surface area contributed by atoms with E-state index in [0.717, 1.165) is 5.56 Å². The van der Waals surface area contributed by atoms with Crippen molar-refractivity contribution in [3.05, 3.63) is 70.1 Å². The summed E-state index contributed by atoms with van der Waals surface area (Å²) in [5, 5.41) is 15.1. The lowest BCUT2D eigenvalue weighted by molar-refractivity contribution is -0.605. The summed E-state index contributed by atoms with van der Waals surface area (Å²) in [6.45, 7) is 6.14. The number of aromatic nitrogens is 1. The lowest BCUT2D eigenvalue weighted by atomic mass is 9.82. The first-order chi connectivity index (χ1) is 10.8. The van der Waals surface area contributed by atoms with Crippen LogP contribution in [-0.4, -0.2) is 11.4 Å². The second-order valence-electron chi connectivity index (χ2n) is 6.28. The first-order valence-electron chi connectivity index (χ1n) is 7.56. The molecule has 1 aromatic heterocycles. The Morgan fingerprint density at radius 1 is 1.30 bits per heavy atom. The molecule has 1 aromatic carbocycles. The summed E-state index contributed by atoms with van der Waals surface area (Å²) in [6, 6.07) is 10.8. The molecule has 5 heteroatoms. The third kappa shape index (κ3) is 4.45. The number of pyridine rings is 1. The molecular weight excluding hydrogens is 312 g/mol. The van der Waals surface area contributed by atoms with Crippen LogP contribution in [0.3, 0.4) is 0 Å². The van der Waals surface area contributed by atoms with Crippen LogP contribution in [0.25, 0.3) is 0 Å². The molecule has 0 radical (unpaired) electrons. The van der Waals surface area contributed by atoms with E-state index in [1.807, 2.05) is 31.2 Å². The summed E-state index contributed by atoms with van der Waals surface area (Å²) in [5.41, 5.74) is 1.01. The highest BCUT2D eigenvalue weighted by molar-refractivity contribution is 6.30. The number of halogens is 1. The molecule has 1 N–H and O–H groups in total. The molecular formula is C18H21ClN2O2. The number of amides is 1.